The highest BCUT2D eigenvalue weighted by molar-refractivity contribution is 7.93. The predicted octanol–water partition coefficient (Wildman–Crippen LogP) is 3.89. The lowest BCUT2D eigenvalue weighted by Gasteiger charge is -2.39. The molecular weight excluding hydrogens is 571 g/mol. The molecule has 0 saturated heterocycles. The van der Waals surface area contributed by atoms with Gasteiger partial charge in [0.1, 0.15) is 11.9 Å². The fourth-order valence-electron chi connectivity index (χ4n) is 4.35. The molecule has 3 rings (SSSR count). The van der Waals surface area contributed by atoms with Crippen molar-refractivity contribution in [3.8, 4) is 11.6 Å². The summed E-state index contributed by atoms with van der Waals surface area (Å²) in [6, 6.07) is 3.97. The maximum atomic E-state index is 14.1. The first-order chi connectivity index (χ1) is 18.7. The normalized spacial score (nSPS) is 16.0. The van der Waals surface area contributed by atoms with E-state index >= 15 is 0 Å². The van der Waals surface area contributed by atoms with Crippen molar-refractivity contribution in [2.45, 2.75) is 76.3 Å². The second kappa shape index (κ2) is 10.9. The highest BCUT2D eigenvalue weighted by Gasteiger charge is 2.51. The maximum absolute atomic E-state index is 14.1. The molecule has 1 aliphatic rings. The lowest BCUT2D eigenvalue weighted by molar-refractivity contribution is -0.242. The van der Waals surface area contributed by atoms with Crippen molar-refractivity contribution >= 4 is 33.4 Å². The lowest BCUT2D eigenvalue weighted by atomic mass is 9.95. The van der Waals surface area contributed by atoms with Gasteiger partial charge < -0.3 is 19.5 Å². The van der Waals surface area contributed by atoms with E-state index in [9.17, 15) is 31.2 Å². The number of nitrogens with one attached hydrogen (secondary N) is 2. The molecule has 1 aromatic heterocycles. The molecule has 2 aromatic rings. The highest BCUT2D eigenvalue weighted by atomic mass is 32.2. The van der Waals surface area contributed by atoms with Gasteiger partial charge in [0.25, 0.3) is 15.9 Å². The number of sulfonamides is 1. The van der Waals surface area contributed by atoms with E-state index in [0.29, 0.717) is 13.8 Å². The van der Waals surface area contributed by atoms with Crippen LogP contribution in [0.25, 0.3) is 0 Å². The van der Waals surface area contributed by atoms with Gasteiger partial charge in [0.05, 0.1) is 25.0 Å². The molecule has 1 aliphatic heterocycles. The summed E-state index contributed by atoms with van der Waals surface area (Å²) in [7, 11) is -1.53. The van der Waals surface area contributed by atoms with Crippen LogP contribution in [0.1, 0.15) is 46.7 Å². The van der Waals surface area contributed by atoms with Gasteiger partial charge in [-0.1, -0.05) is 0 Å². The molecule has 2 heterocycles. The van der Waals surface area contributed by atoms with Crippen molar-refractivity contribution in [2.75, 3.05) is 23.3 Å². The molecule has 0 radical (unpaired) electrons. The SMILES string of the molecule is COc1nn(C)c(C)c1S(=O)(=O)N1C[C@H](CC(C)(C)NC(C)=O)Oc2ccc(NC(=O)OC(C)(C)C(F)(F)F)cc21. The number of halogens is 3. The smallest absolute Gasteiger partial charge is 0.427 e. The van der Waals surface area contributed by atoms with E-state index < -0.39 is 39.5 Å². The summed E-state index contributed by atoms with van der Waals surface area (Å²) in [5.74, 6) is -0.290. The van der Waals surface area contributed by atoms with Gasteiger partial charge in [0.15, 0.2) is 4.90 Å². The molecule has 1 aromatic carbocycles. The molecule has 0 saturated carbocycles. The van der Waals surface area contributed by atoms with Crippen molar-refractivity contribution in [3.63, 3.8) is 0 Å². The zero-order valence-electron chi connectivity index (χ0n) is 24.0. The van der Waals surface area contributed by atoms with Crippen LogP contribution in [0.3, 0.4) is 0 Å². The summed E-state index contributed by atoms with van der Waals surface area (Å²) in [5.41, 5.74) is -3.27. The Labute approximate surface area is 236 Å². The Bertz CT molecular complexity index is 1440. The van der Waals surface area contributed by atoms with E-state index in [4.69, 9.17) is 9.47 Å². The number of benzene rings is 1. The van der Waals surface area contributed by atoms with Crippen LogP contribution in [-0.4, -0.2) is 67.3 Å². The number of fused-ring (bicyclic) bond motifs is 1. The number of anilines is 2. The summed E-state index contributed by atoms with van der Waals surface area (Å²) in [6.07, 6.45) is -6.71. The Morgan fingerprint density at radius 2 is 1.83 bits per heavy atom. The quantitative estimate of drug-likeness (QED) is 0.462. The number of ether oxygens (including phenoxy) is 3. The summed E-state index contributed by atoms with van der Waals surface area (Å²) in [4.78, 5) is 23.8. The van der Waals surface area contributed by atoms with Crippen LogP contribution in [0.2, 0.25) is 0 Å². The van der Waals surface area contributed by atoms with Gasteiger partial charge in [0, 0.05) is 31.6 Å². The summed E-state index contributed by atoms with van der Waals surface area (Å²) >= 11 is 0. The van der Waals surface area contributed by atoms with Crippen molar-refractivity contribution < 1.29 is 45.4 Å². The van der Waals surface area contributed by atoms with Crippen molar-refractivity contribution in [1.29, 1.82) is 0 Å². The minimum atomic E-state index is -4.82. The van der Waals surface area contributed by atoms with Crippen LogP contribution in [0, 0.1) is 6.92 Å². The number of hydrogen-bond acceptors (Lipinski definition) is 8. The number of methoxy groups -OCH3 is 1. The number of carbonyl (C=O) groups excluding carboxylic acids is 2. The standard InChI is InChI=1S/C25H34F3N5O7S/c1-14-20(21(38-8)31-32(14)7)41(36,37)33-13-17(12-23(3,4)30-15(2)34)39-19-10-9-16(11-18(19)33)29-22(35)40-24(5,6)25(26,27)28/h9-11,17H,12-13H2,1-8H3,(H,29,35)(H,30,34)/t17-/m0/s1. The number of carbonyl (C=O) groups is 2. The molecule has 0 fully saturated rings. The van der Waals surface area contributed by atoms with Crippen molar-refractivity contribution in [3.05, 3.63) is 23.9 Å². The topological polar surface area (TPSA) is 141 Å². The van der Waals surface area contributed by atoms with Crippen LogP contribution in [0.15, 0.2) is 23.1 Å². The van der Waals surface area contributed by atoms with Crippen molar-refractivity contribution in [2.24, 2.45) is 7.05 Å². The maximum Gasteiger partial charge on any atom is 0.427 e. The number of aromatic nitrogens is 2. The number of rotatable bonds is 8. The van der Waals surface area contributed by atoms with Crippen LogP contribution < -0.4 is 24.4 Å². The molecule has 0 unspecified atom stereocenters. The summed E-state index contributed by atoms with van der Waals surface area (Å²) in [5, 5.41) is 9.13. The average Bonchev–Trinajstić information content (AvgIpc) is 3.10. The minimum Gasteiger partial charge on any atom is -0.486 e. The number of aryl methyl sites for hydroxylation is 1. The van der Waals surface area contributed by atoms with Gasteiger partial charge in [-0.05, 0) is 52.8 Å². The molecule has 0 spiro atoms. The van der Waals surface area contributed by atoms with Gasteiger partial charge in [-0.2, -0.15) is 13.2 Å². The molecule has 16 heteroatoms. The first-order valence-corrected chi connectivity index (χ1v) is 13.9. The molecule has 228 valence electrons. The third-order valence-corrected chi connectivity index (χ3v) is 8.32. The third-order valence-electron chi connectivity index (χ3n) is 6.41. The number of amides is 2. The largest absolute Gasteiger partial charge is 0.486 e. The molecular formula is C25H34F3N5O7S. The van der Waals surface area contributed by atoms with E-state index in [1.807, 2.05) is 0 Å². The van der Waals surface area contributed by atoms with E-state index in [1.54, 1.807) is 27.8 Å². The Morgan fingerprint density at radius 3 is 2.39 bits per heavy atom. The Hall–Kier alpha value is -3.69. The fraction of sp³-hybridized carbons (Fsp3) is 0.560. The molecule has 0 bridgehead atoms. The van der Waals surface area contributed by atoms with Crippen LogP contribution in [0.5, 0.6) is 11.6 Å². The molecule has 2 N–H and O–H groups in total. The van der Waals surface area contributed by atoms with E-state index in [-0.39, 0.29) is 52.5 Å². The molecule has 12 nitrogen and oxygen atoms in total. The van der Waals surface area contributed by atoms with E-state index in [2.05, 4.69) is 20.5 Å². The molecule has 0 aliphatic carbocycles. The zero-order valence-corrected chi connectivity index (χ0v) is 24.8. The first-order valence-electron chi connectivity index (χ1n) is 12.4. The monoisotopic (exact) mass is 605 g/mol. The molecule has 2 amide bonds. The average molecular weight is 606 g/mol. The summed E-state index contributed by atoms with van der Waals surface area (Å²) in [6.45, 7) is 7.65. The second-order valence-corrected chi connectivity index (χ2v) is 12.6. The number of alkyl halides is 3. The fourth-order valence-corrected chi connectivity index (χ4v) is 6.19. The van der Waals surface area contributed by atoms with Gasteiger partial charge in [0.2, 0.25) is 11.5 Å². The lowest BCUT2D eigenvalue weighted by Crippen LogP contribution is -2.50. The molecule has 1 atom stereocenters. The highest BCUT2D eigenvalue weighted by Crippen LogP contribution is 2.42. The Morgan fingerprint density at radius 1 is 1.20 bits per heavy atom. The van der Waals surface area contributed by atoms with Crippen molar-refractivity contribution in [1.82, 2.24) is 15.1 Å². The van der Waals surface area contributed by atoms with E-state index in [1.165, 1.54) is 36.9 Å². The number of hydrogen-bond donors (Lipinski definition) is 2. The summed E-state index contributed by atoms with van der Waals surface area (Å²) < 4.78 is 86.1. The van der Waals surface area contributed by atoms with Gasteiger partial charge in [-0.3, -0.25) is 19.1 Å². The second-order valence-electron chi connectivity index (χ2n) is 10.8. The van der Waals surface area contributed by atoms with E-state index in [0.717, 1.165) is 4.31 Å². The van der Waals surface area contributed by atoms with Gasteiger partial charge in [-0.25, -0.2) is 13.2 Å². The van der Waals surface area contributed by atoms with Crippen LogP contribution in [-0.2, 0) is 26.6 Å². The van der Waals surface area contributed by atoms with Gasteiger partial charge >= 0.3 is 12.3 Å². The van der Waals surface area contributed by atoms with Crippen LogP contribution >= 0.6 is 0 Å². The van der Waals surface area contributed by atoms with Gasteiger partial charge in [-0.15, -0.1) is 5.10 Å². The predicted molar refractivity (Wildman–Crippen MR) is 143 cm³/mol. The first kappa shape index (κ1) is 31.8. The number of nitrogens with zero attached hydrogens (tertiary/aromatic N) is 3. The third kappa shape index (κ3) is 6.80. The minimum absolute atomic E-state index is 0.0109. The Balaban J connectivity index is 2.05. The Kier molecular flexibility index (Phi) is 8.50. The zero-order chi connectivity index (χ0) is 31.1. The molecule has 41 heavy (non-hydrogen) atoms. The van der Waals surface area contributed by atoms with Crippen LogP contribution in [0.4, 0.5) is 29.3 Å².